The van der Waals surface area contributed by atoms with Crippen LogP contribution in [-0.2, 0) is 9.59 Å². The maximum atomic E-state index is 14.2. The van der Waals surface area contributed by atoms with Crippen LogP contribution < -0.4 is 9.80 Å². The van der Waals surface area contributed by atoms with Gasteiger partial charge in [-0.1, -0.05) is 47.7 Å². The lowest BCUT2D eigenvalue weighted by Crippen LogP contribution is -2.50. The van der Waals surface area contributed by atoms with Crippen LogP contribution in [0.15, 0.2) is 78.9 Å². The third kappa shape index (κ3) is 2.92. The Kier molecular flexibility index (Phi) is 4.58. The first kappa shape index (κ1) is 22.0. The second-order valence-electron chi connectivity index (χ2n) is 9.43. The highest BCUT2D eigenvalue weighted by Crippen LogP contribution is 2.49. The standard InChI is InChI=1S/C27H18N6O5/c34-25-22-21-14-9-15-5-1-3-7-19(15)31(21)24(27(36)32-20-8-4-2-6-18(20)28-29-32)23(22)26(35)30(25)16-10-12-17(13-11-16)33(37)38/h1-14,21-24H/t21-,22+,23+,24+/m1/s1. The first-order chi connectivity index (χ1) is 18.5. The highest BCUT2D eigenvalue weighted by Gasteiger charge is 2.64. The number of non-ortho nitro benzene ring substituents is 1. The number of aromatic nitrogens is 3. The number of nitro benzene ring substituents is 1. The molecule has 3 aliphatic rings. The summed E-state index contributed by atoms with van der Waals surface area (Å²) in [4.78, 5) is 55.4. The van der Waals surface area contributed by atoms with Crippen molar-refractivity contribution in [3.8, 4) is 0 Å². The summed E-state index contributed by atoms with van der Waals surface area (Å²) in [6.45, 7) is 0. The van der Waals surface area contributed by atoms with Gasteiger partial charge in [-0.25, -0.2) is 4.90 Å². The highest BCUT2D eigenvalue weighted by atomic mass is 16.6. The fourth-order valence-corrected chi connectivity index (χ4v) is 5.93. The van der Waals surface area contributed by atoms with Crippen molar-refractivity contribution in [2.75, 3.05) is 9.80 Å². The summed E-state index contributed by atoms with van der Waals surface area (Å²) in [6, 6.07) is 18.2. The van der Waals surface area contributed by atoms with Crippen molar-refractivity contribution in [2.45, 2.75) is 12.1 Å². The molecular weight excluding hydrogens is 488 g/mol. The number of hydrogen-bond donors (Lipinski definition) is 0. The van der Waals surface area contributed by atoms with Crippen molar-refractivity contribution in [2.24, 2.45) is 11.8 Å². The third-order valence-electron chi connectivity index (χ3n) is 7.55. The topological polar surface area (TPSA) is 132 Å². The average molecular weight is 506 g/mol. The second kappa shape index (κ2) is 7.90. The van der Waals surface area contributed by atoms with E-state index in [9.17, 15) is 24.5 Å². The number of anilines is 2. The van der Waals surface area contributed by atoms with Gasteiger partial charge in [-0.2, -0.15) is 4.68 Å². The molecule has 2 fully saturated rings. The first-order valence-electron chi connectivity index (χ1n) is 12.0. The predicted molar refractivity (Wildman–Crippen MR) is 136 cm³/mol. The summed E-state index contributed by atoms with van der Waals surface area (Å²) in [5, 5.41) is 19.3. The lowest BCUT2D eigenvalue weighted by molar-refractivity contribution is -0.384. The van der Waals surface area contributed by atoms with Crippen molar-refractivity contribution in [1.29, 1.82) is 0 Å². The molecule has 2 saturated heterocycles. The number of nitrogens with zero attached hydrogens (tertiary/aromatic N) is 6. The Bertz CT molecular complexity index is 1710. The van der Waals surface area contributed by atoms with Crippen molar-refractivity contribution in [3.05, 3.63) is 94.6 Å². The third-order valence-corrected chi connectivity index (χ3v) is 7.55. The van der Waals surface area contributed by atoms with Gasteiger partial charge in [0.15, 0.2) is 0 Å². The van der Waals surface area contributed by atoms with E-state index in [0.717, 1.165) is 16.2 Å². The fraction of sp³-hybridized carbons (Fsp3) is 0.148. The van der Waals surface area contributed by atoms with Gasteiger partial charge in [0.25, 0.3) is 11.6 Å². The van der Waals surface area contributed by atoms with E-state index in [2.05, 4.69) is 10.3 Å². The fourth-order valence-electron chi connectivity index (χ4n) is 5.93. The molecular formula is C27H18N6O5. The van der Waals surface area contributed by atoms with Crippen LogP contribution in [0.5, 0.6) is 0 Å². The maximum absolute atomic E-state index is 14.2. The summed E-state index contributed by atoms with van der Waals surface area (Å²) in [5.41, 5.74) is 2.73. The van der Waals surface area contributed by atoms with Crippen LogP contribution in [0.3, 0.4) is 0 Å². The summed E-state index contributed by atoms with van der Waals surface area (Å²) in [5.74, 6) is -3.27. The Balaban J connectivity index is 1.37. The molecule has 0 saturated carbocycles. The van der Waals surface area contributed by atoms with Gasteiger partial charge < -0.3 is 4.90 Å². The molecule has 11 heteroatoms. The Hall–Kier alpha value is -5.19. The van der Waals surface area contributed by atoms with Crippen LogP contribution in [0.25, 0.3) is 17.1 Å². The zero-order chi connectivity index (χ0) is 26.1. The first-order valence-corrected chi connectivity index (χ1v) is 12.0. The molecule has 3 aromatic carbocycles. The number of para-hydroxylation sites is 2. The van der Waals surface area contributed by atoms with Gasteiger partial charge in [0.05, 0.1) is 34.0 Å². The lowest BCUT2D eigenvalue weighted by Gasteiger charge is -2.36. The normalized spacial score (nSPS) is 23.5. The Morgan fingerprint density at radius 3 is 2.39 bits per heavy atom. The molecule has 186 valence electrons. The monoisotopic (exact) mass is 506 g/mol. The summed E-state index contributed by atoms with van der Waals surface area (Å²) < 4.78 is 1.20. The van der Waals surface area contributed by atoms with Gasteiger partial charge in [0.2, 0.25) is 11.8 Å². The van der Waals surface area contributed by atoms with E-state index >= 15 is 0 Å². The molecule has 4 aromatic rings. The van der Waals surface area contributed by atoms with Crippen LogP contribution in [0.1, 0.15) is 10.4 Å². The second-order valence-corrected chi connectivity index (χ2v) is 9.43. The highest BCUT2D eigenvalue weighted by molar-refractivity contribution is 6.25. The number of carbonyl (C=O) groups is 3. The summed E-state index contributed by atoms with van der Waals surface area (Å²) >= 11 is 0. The minimum absolute atomic E-state index is 0.155. The molecule has 0 radical (unpaired) electrons. The number of amides is 2. The van der Waals surface area contributed by atoms with Crippen molar-refractivity contribution >= 4 is 51.9 Å². The number of fused-ring (bicyclic) bond motifs is 6. The van der Waals surface area contributed by atoms with Crippen molar-refractivity contribution in [1.82, 2.24) is 15.0 Å². The molecule has 3 aliphatic heterocycles. The van der Waals surface area contributed by atoms with E-state index in [1.165, 1.54) is 28.9 Å². The molecule has 11 nitrogen and oxygen atoms in total. The number of nitro groups is 1. The molecule has 0 aliphatic carbocycles. The molecule has 0 N–H and O–H groups in total. The van der Waals surface area contributed by atoms with E-state index in [4.69, 9.17) is 0 Å². The van der Waals surface area contributed by atoms with Gasteiger partial charge in [0.1, 0.15) is 11.6 Å². The molecule has 0 unspecified atom stereocenters. The Morgan fingerprint density at radius 1 is 0.895 bits per heavy atom. The summed E-state index contributed by atoms with van der Waals surface area (Å²) in [7, 11) is 0. The van der Waals surface area contributed by atoms with Crippen molar-refractivity contribution in [3.63, 3.8) is 0 Å². The van der Waals surface area contributed by atoms with E-state index in [1.54, 1.807) is 24.3 Å². The number of rotatable bonds is 3. The molecule has 4 atom stereocenters. The number of carbonyl (C=O) groups excluding carboxylic acids is 3. The van der Waals surface area contributed by atoms with Crippen LogP contribution >= 0.6 is 0 Å². The minimum Gasteiger partial charge on any atom is -0.351 e. The molecule has 2 amide bonds. The molecule has 0 bridgehead atoms. The molecule has 4 heterocycles. The Morgan fingerprint density at radius 2 is 1.61 bits per heavy atom. The minimum atomic E-state index is -1.03. The van der Waals surface area contributed by atoms with Crippen LogP contribution in [0.4, 0.5) is 17.1 Å². The molecule has 38 heavy (non-hydrogen) atoms. The maximum Gasteiger partial charge on any atom is 0.272 e. The average Bonchev–Trinajstić information content (AvgIpc) is 3.59. The Labute approximate surface area is 214 Å². The number of imide groups is 1. The van der Waals surface area contributed by atoms with Gasteiger partial charge in [-0.15, -0.1) is 5.10 Å². The molecule has 7 rings (SSSR count). The number of benzene rings is 3. The molecule has 0 spiro atoms. The van der Waals surface area contributed by atoms with Gasteiger partial charge in [-0.05, 0) is 35.9 Å². The number of hydrogen-bond acceptors (Lipinski definition) is 8. The zero-order valence-corrected chi connectivity index (χ0v) is 19.6. The SMILES string of the molecule is O=C1[C@@H]2[C@H](C(=O)N1c1ccc([N+](=O)[O-])cc1)[C@@H](C(=O)n1nnc3ccccc31)N1c3ccccc3C=C[C@H]21. The largest absolute Gasteiger partial charge is 0.351 e. The van der Waals surface area contributed by atoms with Gasteiger partial charge in [-0.3, -0.25) is 24.5 Å². The predicted octanol–water partition coefficient (Wildman–Crippen LogP) is 3.07. The van der Waals surface area contributed by atoms with Crippen molar-refractivity contribution < 1.29 is 19.3 Å². The lowest BCUT2D eigenvalue weighted by atomic mass is 9.88. The molecule has 1 aromatic heterocycles. The summed E-state index contributed by atoms with van der Waals surface area (Å²) in [6.07, 6.45) is 3.76. The van der Waals surface area contributed by atoms with E-state index in [0.29, 0.717) is 11.0 Å². The van der Waals surface area contributed by atoms with E-state index in [1.807, 2.05) is 41.3 Å². The van der Waals surface area contributed by atoms with E-state index in [-0.39, 0.29) is 11.4 Å². The van der Waals surface area contributed by atoms with Crippen LogP contribution in [-0.4, -0.2) is 49.7 Å². The van der Waals surface area contributed by atoms with Gasteiger partial charge in [0, 0.05) is 17.8 Å². The zero-order valence-electron chi connectivity index (χ0n) is 19.6. The quantitative estimate of drug-likeness (QED) is 0.235. The van der Waals surface area contributed by atoms with E-state index < -0.39 is 46.6 Å². The smallest absolute Gasteiger partial charge is 0.272 e. The van der Waals surface area contributed by atoms with Crippen LogP contribution in [0, 0.1) is 22.0 Å². The van der Waals surface area contributed by atoms with Gasteiger partial charge >= 0.3 is 0 Å². The van der Waals surface area contributed by atoms with Crippen LogP contribution in [0.2, 0.25) is 0 Å².